The molecule has 0 aromatic carbocycles. The highest BCUT2D eigenvalue weighted by Gasteiger charge is 2.07. The van der Waals surface area contributed by atoms with E-state index in [0.29, 0.717) is 29.3 Å². The van der Waals surface area contributed by atoms with Gasteiger partial charge in [0.2, 0.25) is 5.88 Å². The van der Waals surface area contributed by atoms with Crippen molar-refractivity contribution < 1.29 is 4.74 Å². The van der Waals surface area contributed by atoms with Gasteiger partial charge in [0.05, 0.1) is 12.3 Å². The van der Waals surface area contributed by atoms with E-state index in [2.05, 4.69) is 32.7 Å². The fourth-order valence-corrected chi connectivity index (χ4v) is 1.87. The standard InChI is InChI=1S/C12H20N2OS/c1-8(2)7-15-12-10(13)5-6-11(14-12)16-9(3)4/h5-6,8-9H,7,13H2,1-4H3. The van der Waals surface area contributed by atoms with Gasteiger partial charge in [0.15, 0.2) is 0 Å². The number of thioether (sulfide) groups is 1. The number of aromatic nitrogens is 1. The minimum Gasteiger partial charge on any atom is -0.476 e. The zero-order valence-corrected chi connectivity index (χ0v) is 11.2. The van der Waals surface area contributed by atoms with E-state index in [1.807, 2.05) is 12.1 Å². The van der Waals surface area contributed by atoms with E-state index in [0.717, 1.165) is 5.03 Å². The van der Waals surface area contributed by atoms with Gasteiger partial charge in [-0.3, -0.25) is 0 Å². The number of hydrogen-bond acceptors (Lipinski definition) is 4. The third-order valence-corrected chi connectivity index (χ3v) is 2.71. The van der Waals surface area contributed by atoms with Crippen LogP contribution in [-0.4, -0.2) is 16.8 Å². The van der Waals surface area contributed by atoms with E-state index >= 15 is 0 Å². The quantitative estimate of drug-likeness (QED) is 0.803. The summed E-state index contributed by atoms with van der Waals surface area (Å²) in [5, 5.41) is 1.47. The zero-order valence-electron chi connectivity index (χ0n) is 10.4. The van der Waals surface area contributed by atoms with Crippen LogP contribution in [0.3, 0.4) is 0 Å². The van der Waals surface area contributed by atoms with Crippen LogP contribution in [0.2, 0.25) is 0 Å². The minimum absolute atomic E-state index is 0.475. The van der Waals surface area contributed by atoms with Crippen LogP contribution in [0.5, 0.6) is 5.88 Å². The normalized spacial score (nSPS) is 11.1. The van der Waals surface area contributed by atoms with Crippen LogP contribution in [-0.2, 0) is 0 Å². The molecule has 4 heteroatoms. The monoisotopic (exact) mass is 240 g/mol. The summed E-state index contributed by atoms with van der Waals surface area (Å²) < 4.78 is 5.57. The lowest BCUT2D eigenvalue weighted by Gasteiger charge is -2.11. The minimum atomic E-state index is 0.475. The van der Waals surface area contributed by atoms with E-state index < -0.39 is 0 Å². The molecule has 0 amide bonds. The van der Waals surface area contributed by atoms with E-state index in [1.54, 1.807) is 11.8 Å². The molecule has 0 aliphatic heterocycles. The first-order valence-corrected chi connectivity index (χ1v) is 6.43. The molecule has 0 bridgehead atoms. The van der Waals surface area contributed by atoms with Gasteiger partial charge >= 0.3 is 0 Å². The van der Waals surface area contributed by atoms with Crippen molar-refractivity contribution in [1.29, 1.82) is 0 Å². The molecule has 1 heterocycles. The number of hydrogen-bond donors (Lipinski definition) is 1. The molecule has 1 rings (SSSR count). The van der Waals surface area contributed by atoms with Crippen LogP contribution in [0.4, 0.5) is 5.69 Å². The Morgan fingerprint density at radius 3 is 2.56 bits per heavy atom. The lowest BCUT2D eigenvalue weighted by Crippen LogP contribution is -2.08. The predicted octanol–water partition coefficient (Wildman–Crippen LogP) is 3.20. The Morgan fingerprint density at radius 2 is 2.00 bits per heavy atom. The number of ether oxygens (including phenoxy) is 1. The summed E-state index contributed by atoms with van der Waals surface area (Å²) in [6.45, 7) is 9.12. The second-order valence-electron chi connectivity index (χ2n) is 4.42. The topological polar surface area (TPSA) is 48.1 Å². The Morgan fingerprint density at radius 1 is 1.31 bits per heavy atom. The van der Waals surface area contributed by atoms with Crippen molar-refractivity contribution >= 4 is 17.4 Å². The molecule has 0 saturated carbocycles. The van der Waals surface area contributed by atoms with Crippen LogP contribution in [0.15, 0.2) is 17.2 Å². The first-order chi connectivity index (χ1) is 7.49. The van der Waals surface area contributed by atoms with Crippen molar-refractivity contribution in [3.8, 4) is 5.88 Å². The molecule has 0 saturated heterocycles. The van der Waals surface area contributed by atoms with Crippen molar-refractivity contribution in [1.82, 2.24) is 4.98 Å². The fraction of sp³-hybridized carbons (Fsp3) is 0.583. The van der Waals surface area contributed by atoms with E-state index in [-0.39, 0.29) is 0 Å². The van der Waals surface area contributed by atoms with Gasteiger partial charge in [-0.05, 0) is 18.1 Å². The Kier molecular flexibility index (Phi) is 4.93. The molecule has 2 N–H and O–H groups in total. The van der Waals surface area contributed by atoms with E-state index in [9.17, 15) is 0 Å². The summed E-state index contributed by atoms with van der Waals surface area (Å²) in [5.74, 6) is 1.03. The van der Waals surface area contributed by atoms with Crippen LogP contribution < -0.4 is 10.5 Å². The summed E-state index contributed by atoms with van der Waals surface area (Å²) in [6, 6.07) is 3.79. The van der Waals surface area contributed by atoms with Gasteiger partial charge in [-0.15, -0.1) is 11.8 Å². The Hall–Kier alpha value is -0.900. The fourth-order valence-electron chi connectivity index (χ4n) is 1.10. The van der Waals surface area contributed by atoms with Crippen molar-refractivity contribution in [2.45, 2.75) is 38.0 Å². The molecule has 0 unspecified atom stereocenters. The van der Waals surface area contributed by atoms with Crippen molar-refractivity contribution in [2.24, 2.45) is 5.92 Å². The van der Waals surface area contributed by atoms with Gasteiger partial charge < -0.3 is 10.5 Å². The number of nitrogen functional groups attached to an aromatic ring is 1. The summed E-state index contributed by atoms with van der Waals surface area (Å²) >= 11 is 1.71. The molecule has 3 nitrogen and oxygen atoms in total. The number of anilines is 1. The van der Waals surface area contributed by atoms with Crippen molar-refractivity contribution in [2.75, 3.05) is 12.3 Å². The van der Waals surface area contributed by atoms with Gasteiger partial charge in [0, 0.05) is 5.25 Å². The molecule has 0 fully saturated rings. The number of pyridine rings is 1. The SMILES string of the molecule is CC(C)COc1nc(SC(C)C)ccc1N. The average molecular weight is 240 g/mol. The first-order valence-electron chi connectivity index (χ1n) is 5.55. The highest BCUT2D eigenvalue weighted by atomic mass is 32.2. The second kappa shape index (κ2) is 5.99. The molecule has 0 aliphatic rings. The lowest BCUT2D eigenvalue weighted by molar-refractivity contribution is 0.261. The van der Waals surface area contributed by atoms with Crippen molar-refractivity contribution in [3.63, 3.8) is 0 Å². The molecular weight excluding hydrogens is 220 g/mol. The van der Waals surface area contributed by atoms with Gasteiger partial charge in [0.1, 0.15) is 5.03 Å². The maximum absolute atomic E-state index is 5.81. The maximum atomic E-state index is 5.81. The third-order valence-electron chi connectivity index (χ3n) is 1.77. The summed E-state index contributed by atoms with van der Waals surface area (Å²) in [7, 11) is 0. The van der Waals surface area contributed by atoms with Gasteiger partial charge in [-0.2, -0.15) is 0 Å². The number of nitrogens with two attached hydrogens (primary N) is 1. The molecule has 0 atom stereocenters. The largest absolute Gasteiger partial charge is 0.476 e. The summed E-state index contributed by atoms with van der Waals surface area (Å²) in [4.78, 5) is 4.40. The van der Waals surface area contributed by atoms with Crippen LogP contribution in [0.1, 0.15) is 27.7 Å². The molecule has 0 radical (unpaired) electrons. The molecule has 16 heavy (non-hydrogen) atoms. The van der Waals surface area contributed by atoms with Crippen LogP contribution >= 0.6 is 11.8 Å². The van der Waals surface area contributed by atoms with Gasteiger partial charge in [0.25, 0.3) is 0 Å². The smallest absolute Gasteiger partial charge is 0.238 e. The predicted molar refractivity (Wildman–Crippen MR) is 70.0 cm³/mol. The first kappa shape index (κ1) is 13.2. The highest BCUT2D eigenvalue weighted by molar-refractivity contribution is 7.99. The molecule has 90 valence electrons. The van der Waals surface area contributed by atoms with Crippen molar-refractivity contribution in [3.05, 3.63) is 12.1 Å². The summed E-state index contributed by atoms with van der Waals surface area (Å²) in [6.07, 6.45) is 0. The van der Waals surface area contributed by atoms with Gasteiger partial charge in [-0.25, -0.2) is 4.98 Å². The summed E-state index contributed by atoms with van der Waals surface area (Å²) in [5.41, 5.74) is 6.42. The highest BCUT2D eigenvalue weighted by Crippen LogP contribution is 2.26. The van der Waals surface area contributed by atoms with Crippen LogP contribution in [0.25, 0.3) is 0 Å². The maximum Gasteiger partial charge on any atom is 0.238 e. The lowest BCUT2D eigenvalue weighted by atomic mass is 10.2. The molecule has 0 spiro atoms. The zero-order chi connectivity index (χ0) is 12.1. The third kappa shape index (κ3) is 4.31. The Labute approximate surface area is 102 Å². The second-order valence-corrected chi connectivity index (χ2v) is 6.01. The van der Waals surface area contributed by atoms with E-state index in [4.69, 9.17) is 10.5 Å². The molecule has 0 aliphatic carbocycles. The van der Waals surface area contributed by atoms with Crippen LogP contribution in [0, 0.1) is 5.92 Å². The number of nitrogens with zero attached hydrogens (tertiary/aromatic N) is 1. The molecular formula is C12H20N2OS. The Bertz CT molecular complexity index is 340. The molecule has 1 aromatic heterocycles. The van der Waals surface area contributed by atoms with E-state index in [1.165, 1.54) is 0 Å². The average Bonchev–Trinajstić information content (AvgIpc) is 2.18. The molecule has 1 aromatic rings. The van der Waals surface area contributed by atoms with Gasteiger partial charge in [-0.1, -0.05) is 27.7 Å². The number of rotatable bonds is 5. The Balaban J connectivity index is 2.74.